The molecule has 0 aliphatic carbocycles. The molecule has 2 aromatic carbocycles. The molecule has 2 heterocycles. The number of anilines is 1. The number of nitrogens with zero attached hydrogens (tertiary/aromatic N) is 1. The molecule has 7 heteroatoms. The third kappa shape index (κ3) is 3.84. The lowest BCUT2D eigenvalue weighted by Gasteiger charge is -2.37. The highest BCUT2D eigenvalue weighted by atomic mass is 127. The Morgan fingerprint density at radius 1 is 1.19 bits per heavy atom. The van der Waals surface area contributed by atoms with E-state index in [4.69, 9.17) is 11.6 Å². The smallest absolute Gasteiger partial charge is 0.239 e. The summed E-state index contributed by atoms with van der Waals surface area (Å²) in [7, 11) is 3.53. The Hall–Kier alpha value is -1.64. The topological polar surface area (TPSA) is 61.4 Å². The van der Waals surface area contributed by atoms with Gasteiger partial charge in [0.2, 0.25) is 11.8 Å². The van der Waals surface area contributed by atoms with Crippen molar-refractivity contribution in [1.82, 2.24) is 10.2 Å². The van der Waals surface area contributed by atoms with Gasteiger partial charge >= 0.3 is 0 Å². The molecular weight excluding hydrogens is 537 g/mol. The van der Waals surface area contributed by atoms with Gasteiger partial charge in [-0.1, -0.05) is 50.6 Å². The Morgan fingerprint density at radius 2 is 1.91 bits per heavy atom. The van der Waals surface area contributed by atoms with E-state index in [-0.39, 0.29) is 29.2 Å². The molecule has 2 aromatic rings. The molecule has 5 nitrogen and oxygen atoms in total. The summed E-state index contributed by atoms with van der Waals surface area (Å²) in [5.74, 6) is -0.462. The van der Waals surface area contributed by atoms with Crippen LogP contribution in [0.3, 0.4) is 0 Å². The zero-order valence-electron chi connectivity index (χ0n) is 19.0. The van der Waals surface area contributed by atoms with Crippen LogP contribution in [0.4, 0.5) is 5.69 Å². The van der Waals surface area contributed by atoms with Crippen LogP contribution in [-0.4, -0.2) is 42.9 Å². The lowest BCUT2D eigenvalue weighted by atomic mass is 9.62. The van der Waals surface area contributed by atoms with Crippen LogP contribution in [0, 0.1) is 8.99 Å². The summed E-state index contributed by atoms with van der Waals surface area (Å²) in [6.07, 6.45) is 0.736. The number of rotatable bonds is 3. The van der Waals surface area contributed by atoms with Crippen molar-refractivity contribution in [1.29, 1.82) is 0 Å². The number of carbonyl (C=O) groups excluding carboxylic acids is 2. The molecule has 2 aliphatic heterocycles. The molecule has 0 aromatic heterocycles. The second kappa shape index (κ2) is 8.29. The van der Waals surface area contributed by atoms with Gasteiger partial charge in [0.25, 0.3) is 0 Å². The largest absolute Gasteiger partial charge is 0.347 e. The molecule has 1 fully saturated rings. The summed E-state index contributed by atoms with van der Waals surface area (Å²) < 4.78 is 1.07. The van der Waals surface area contributed by atoms with Crippen LogP contribution in [0.15, 0.2) is 42.5 Å². The third-order valence-electron chi connectivity index (χ3n) is 6.54. The lowest BCUT2D eigenvalue weighted by molar-refractivity contribution is -0.131. The van der Waals surface area contributed by atoms with Gasteiger partial charge in [0.05, 0.1) is 6.04 Å². The molecular formula is C25H29ClIN3O2. The highest BCUT2D eigenvalue weighted by Gasteiger charge is 2.65. The molecule has 1 spiro atoms. The minimum absolute atomic E-state index is 0.0279. The maximum atomic E-state index is 13.9. The first kappa shape index (κ1) is 23.5. The molecule has 2 aliphatic rings. The quantitative estimate of drug-likeness (QED) is 0.527. The van der Waals surface area contributed by atoms with E-state index in [9.17, 15) is 9.59 Å². The summed E-state index contributed by atoms with van der Waals surface area (Å²) in [6, 6.07) is 13.0. The predicted octanol–water partition coefficient (Wildman–Crippen LogP) is 4.78. The summed E-state index contributed by atoms with van der Waals surface area (Å²) in [6.45, 7) is 6.50. The molecule has 4 rings (SSSR count). The fourth-order valence-electron chi connectivity index (χ4n) is 5.39. The second-order valence-electron chi connectivity index (χ2n) is 10.2. The van der Waals surface area contributed by atoms with Crippen LogP contribution in [0.25, 0.3) is 0 Å². The van der Waals surface area contributed by atoms with Crippen molar-refractivity contribution in [2.75, 3.05) is 19.4 Å². The maximum Gasteiger partial charge on any atom is 0.239 e. The SMILES string of the molecule is CN(C)C(=O)C1NC(CC(C)(C)C)C2(C(=O)Nc3cc(Cl)ccc32)C1c1cccc(I)c1. The molecule has 170 valence electrons. The first-order chi connectivity index (χ1) is 14.9. The second-order valence-corrected chi connectivity index (χ2v) is 11.9. The maximum absolute atomic E-state index is 13.9. The van der Waals surface area contributed by atoms with E-state index in [2.05, 4.69) is 60.1 Å². The van der Waals surface area contributed by atoms with E-state index in [1.54, 1.807) is 19.0 Å². The minimum Gasteiger partial charge on any atom is -0.347 e. The minimum atomic E-state index is -0.923. The molecule has 0 radical (unpaired) electrons. The Bertz CT molecular complexity index is 1080. The monoisotopic (exact) mass is 565 g/mol. The molecule has 4 atom stereocenters. The van der Waals surface area contributed by atoms with Gasteiger partial charge in [-0.2, -0.15) is 0 Å². The van der Waals surface area contributed by atoms with Crippen molar-refractivity contribution in [3.8, 4) is 0 Å². The van der Waals surface area contributed by atoms with Crippen molar-refractivity contribution in [3.05, 3.63) is 62.2 Å². The van der Waals surface area contributed by atoms with Gasteiger partial charge in [-0.15, -0.1) is 0 Å². The van der Waals surface area contributed by atoms with Crippen LogP contribution in [-0.2, 0) is 15.0 Å². The first-order valence-corrected chi connectivity index (χ1v) is 12.2. The number of nitrogens with one attached hydrogen (secondary N) is 2. The zero-order valence-corrected chi connectivity index (χ0v) is 21.9. The van der Waals surface area contributed by atoms with Gasteiger partial charge in [-0.3, -0.25) is 9.59 Å². The van der Waals surface area contributed by atoms with Gasteiger partial charge in [0, 0.05) is 40.3 Å². The van der Waals surface area contributed by atoms with E-state index in [1.165, 1.54) is 0 Å². The number of hydrogen-bond acceptors (Lipinski definition) is 3. The zero-order chi connectivity index (χ0) is 23.4. The van der Waals surface area contributed by atoms with E-state index >= 15 is 0 Å². The van der Waals surface area contributed by atoms with Crippen LogP contribution in [0.2, 0.25) is 5.02 Å². The van der Waals surface area contributed by atoms with E-state index in [1.807, 2.05) is 36.4 Å². The highest BCUT2D eigenvalue weighted by molar-refractivity contribution is 14.1. The Morgan fingerprint density at radius 3 is 2.53 bits per heavy atom. The predicted molar refractivity (Wildman–Crippen MR) is 137 cm³/mol. The van der Waals surface area contributed by atoms with E-state index < -0.39 is 11.5 Å². The van der Waals surface area contributed by atoms with Crippen LogP contribution >= 0.6 is 34.2 Å². The van der Waals surface area contributed by atoms with Crippen LogP contribution < -0.4 is 10.6 Å². The average molecular weight is 566 g/mol. The molecule has 0 saturated carbocycles. The van der Waals surface area contributed by atoms with E-state index in [0.717, 1.165) is 26.8 Å². The summed E-state index contributed by atoms with van der Waals surface area (Å²) in [5, 5.41) is 7.30. The number of halogens is 2. The summed E-state index contributed by atoms with van der Waals surface area (Å²) >= 11 is 8.56. The van der Waals surface area contributed by atoms with E-state index in [0.29, 0.717) is 5.02 Å². The van der Waals surface area contributed by atoms with Crippen LogP contribution in [0.1, 0.15) is 44.2 Å². The van der Waals surface area contributed by atoms with Crippen molar-refractivity contribution in [2.24, 2.45) is 5.41 Å². The average Bonchev–Trinajstić information content (AvgIpc) is 3.15. The highest BCUT2D eigenvalue weighted by Crippen LogP contribution is 2.56. The number of carbonyl (C=O) groups is 2. The fraction of sp³-hybridized carbons (Fsp3) is 0.440. The standard InChI is InChI=1S/C25H29ClIN3O2/c1-24(2,3)13-19-25(17-10-9-15(26)12-18(17)28-23(25)32)20(14-7-6-8-16(27)11-14)21(29-19)22(31)30(4)5/h6-12,19-21,29H,13H2,1-5H3,(H,28,32). The lowest BCUT2D eigenvalue weighted by Crippen LogP contribution is -2.49. The van der Waals surface area contributed by atoms with Gasteiger partial charge in [0.1, 0.15) is 5.41 Å². The molecule has 32 heavy (non-hydrogen) atoms. The normalized spacial score (nSPS) is 26.8. The molecule has 2 amide bonds. The number of amides is 2. The molecule has 1 saturated heterocycles. The van der Waals surface area contributed by atoms with Gasteiger partial charge in [-0.25, -0.2) is 0 Å². The molecule has 2 N–H and O–H groups in total. The summed E-state index contributed by atoms with van der Waals surface area (Å²) in [5.41, 5.74) is 1.65. The van der Waals surface area contributed by atoms with Crippen molar-refractivity contribution in [2.45, 2.75) is 50.6 Å². The number of hydrogen-bond donors (Lipinski definition) is 2. The van der Waals surface area contributed by atoms with Crippen LogP contribution in [0.5, 0.6) is 0 Å². The number of likely N-dealkylation sites (N-methyl/N-ethyl adjacent to an activating group) is 1. The Balaban J connectivity index is 2.01. The number of benzene rings is 2. The Labute approximate surface area is 208 Å². The third-order valence-corrected chi connectivity index (χ3v) is 7.44. The van der Waals surface area contributed by atoms with Gasteiger partial charge < -0.3 is 15.5 Å². The van der Waals surface area contributed by atoms with Crippen molar-refractivity contribution < 1.29 is 9.59 Å². The molecule has 0 bridgehead atoms. The summed E-state index contributed by atoms with van der Waals surface area (Å²) in [4.78, 5) is 29.0. The van der Waals surface area contributed by atoms with Gasteiger partial charge in [0.15, 0.2) is 0 Å². The first-order valence-electron chi connectivity index (χ1n) is 10.8. The Kier molecular flexibility index (Phi) is 6.09. The fourth-order valence-corrected chi connectivity index (χ4v) is 6.13. The van der Waals surface area contributed by atoms with Crippen molar-refractivity contribution >= 4 is 51.7 Å². The van der Waals surface area contributed by atoms with Gasteiger partial charge in [-0.05, 0) is 69.8 Å². The molecule has 4 unspecified atom stereocenters. The van der Waals surface area contributed by atoms with Crippen molar-refractivity contribution in [3.63, 3.8) is 0 Å². The number of fused-ring (bicyclic) bond motifs is 2.